The second kappa shape index (κ2) is 10.5. The number of carboxylic acid groups (broad SMARTS) is 1. The Morgan fingerprint density at radius 3 is 2.52 bits per heavy atom. The van der Waals surface area contributed by atoms with Crippen molar-refractivity contribution in [2.45, 2.75) is 32.1 Å². The second-order valence-corrected chi connectivity index (χ2v) is 8.73. The molecular formula is C24H31N7O2. The Morgan fingerprint density at radius 1 is 1.12 bits per heavy atom. The summed E-state index contributed by atoms with van der Waals surface area (Å²) < 4.78 is 0. The van der Waals surface area contributed by atoms with Crippen molar-refractivity contribution >= 4 is 11.7 Å². The second-order valence-electron chi connectivity index (χ2n) is 8.73. The molecule has 9 heteroatoms. The summed E-state index contributed by atoms with van der Waals surface area (Å²) in [6.45, 7) is 6.09. The molecule has 0 spiro atoms. The topological polar surface area (TPSA) is 111 Å². The molecule has 0 aliphatic carbocycles. The number of piperazine rings is 1. The fourth-order valence-corrected chi connectivity index (χ4v) is 4.46. The van der Waals surface area contributed by atoms with Gasteiger partial charge in [0.2, 0.25) is 0 Å². The maximum Gasteiger partial charge on any atom is 0.307 e. The molecule has 1 saturated heterocycles. The molecule has 2 unspecified atom stereocenters. The van der Waals surface area contributed by atoms with Gasteiger partial charge in [-0.2, -0.15) is 5.21 Å². The molecule has 0 amide bonds. The molecule has 1 fully saturated rings. The molecule has 0 bridgehead atoms. The van der Waals surface area contributed by atoms with E-state index < -0.39 is 11.9 Å². The Kier molecular flexibility index (Phi) is 7.29. The zero-order chi connectivity index (χ0) is 23.2. The summed E-state index contributed by atoms with van der Waals surface area (Å²) in [7, 11) is 2.15. The van der Waals surface area contributed by atoms with Crippen molar-refractivity contribution in [2.24, 2.45) is 5.92 Å². The summed E-state index contributed by atoms with van der Waals surface area (Å²) in [5.41, 5.74) is 4.34. The first kappa shape index (κ1) is 22.8. The van der Waals surface area contributed by atoms with Crippen LogP contribution in [0.25, 0.3) is 11.1 Å². The number of anilines is 1. The van der Waals surface area contributed by atoms with Crippen LogP contribution in [-0.4, -0.2) is 74.8 Å². The minimum Gasteiger partial charge on any atom is -0.481 e. The van der Waals surface area contributed by atoms with Crippen LogP contribution in [0.3, 0.4) is 0 Å². The van der Waals surface area contributed by atoms with Crippen LogP contribution in [-0.2, 0) is 11.2 Å². The minimum atomic E-state index is -0.824. The zero-order valence-electron chi connectivity index (χ0n) is 19.2. The molecule has 3 aromatic rings. The van der Waals surface area contributed by atoms with Gasteiger partial charge in [0, 0.05) is 43.9 Å². The summed E-state index contributed by atoms with van der Waals surface area (Å²) >= 11 is 0. The maximum atomic E-state index is 11.9. The predicted octanol–water partition coefficient (Wildman–Crippen LogP) is 2.84. The first-order valence-corrected chi connectivity index (χ1v) is 11.5. The number of aromatic amines is 1. The number of carboxylic acids is 1. The van der Waals surface area contributed by atoms with Gasteiger partial charge in [-0.05, 0) is 37.1 Å². The van der Waals surface area contributed by atoms with E-state index in [1.807, 2.05) is 19.3 Å². The van der Waals surface area contributed by atoms with Gasteiger partial charge >= 0.3 is 5.97 Å². The van der Waals surface area contributed by atoms with Gasteiger partial charge in [-0.1, -0.05) is 42.8 Å². The Balaban J connectivity index is 1.52. The van der Waals surface area contributed by atoms with E-state index >= 15 is 0 Å². The molecule has 2 aromatic heterocycles. The number of carbonyl (C=O) groups is 1. The smallest absolute Gasteiger partial charge is 0.307 e. The van der Waals surface area contributed by atoms with E-state index in [0.717, 1.165) is 55.0 Å². The maximum absolute atomic E-state index is 11.9. The van der Waals surface area contributed by atoms with Crippen molar-refractivity contribution in [3.63, 3.8) is 0 Å². The first-order chi connectivity index (χ1) is 16.0. The number of hydrogen-bond acceptors (Lipinski definition) is 7. The SMILES string of the molecule is CCCC(C(=O)O)C(Cc1ccc(-c2cncc(N3CCN(C)CC3)c2)cc1)c1nn[nH]n1. The van der Waals surface area contributed by atoms with Crippen LogP contribution in [0.2, 0.25) is 0 Å². The lowest BCUT2D eigenvalue weighted by Crippen LogP contribution is -2.44. The van der Waals surface area contributed by atoms with Gasteiger partial charge in [0.25, 0.3) is 0 Å². The number of aliphatic carboxylic acids is 1. The number of benzene rings is 1. The van der Waals surface area contributed by atoms with E-state index in [1.165, 1.54) is 0 Å². The number of aromatic nitrogens is 5. The summed E-state index contributed by atoms with van der Waals surface area (Å²) in [6.07, 6.45) is 5.70. The molecule has 33 heavy (non-hydrogen) atoms. The van der Waals surface area contributed by atoms with Crippen molar-refractivity contribution in [1.29, 1.82) is 0 Å². The standard InChI is InChI=1S/C24H31N7O2/c1-3-4-21(24(32)33)22(23-26-28-29-27-23)13-17-5-7-18(8-6-17)19-14-20(16-25-15-19)31-11-9-30(2)10-12-31/h5-8,14-16,21-22H,3-4,9-13H2,1-2H3,(H,32,33)(H,26,27,28,29). The number of tetrazole rings is 1. The third-order valence-electron chi connectivity index (χ3n) is 6.43. The largest absolute Gasteiger partial charge is 0.481 e. The Labute approximate surface area is 193 Å². The fraction of sp³-hybridized carbons (Fsp3) is 0.458. The number of nitrogens with one attached hydrogen (secondary N) is 1. The summed E-state index contributed by atoms with van der Waals surface area (Å²) in [5, 5.41) is 24.1. The molecule has 3 heterocycles. The van der Waals surface area contributed by atoms with Gasteiger partial charge in [-0.15, -0.1) is 10.2 Å². The van der Waals surface area contributed by atoms with Crippen molar-refractivity contribution < 1.29 is 9.90 Å². The lowest BCUT2D eigenvalue weighted by molar-refractivity contribution is -0.142. The molecule has 1 aromatic carbocycles. The Morgan fingerprint density at radius 2 is 1.88 bits per heavy atom. The van der Waals surface area contributed by atoms with Gasteiger partial charge in [0.05, 0.1) is 17.8 Å². The lowest BCUT2D eigenvalue weighted by atomic mass is 9.83. The third-order valence-corrected chi connectivity index (χ3v) is 6.43. The van der Waals surface area contributed by atoms with E-state index in [-0.39, 0.29) is 5.92 Å². The highest BCUT2D eigenvalue weighted by Crippen LogP contribution is 2.31. The molecular weight excluding hydrogens is 418 g/mol. The van der Waals surface area contributed by atoms with Crippen LogP contribution < -0.4 is 4.90 Å². The lowest BCUT2D eigenvalue weighted by Gasteiger charge is -2.34. The molecule has 9 nitrogen and oxygen atoms in total. The predicted molar refractivity (Wildman–Crippen MR) is 126 cm³/mol. The molecule has 174 valence electrons. The van der Waals surface area contributed by atoms with E-state index in [4.69, 9.17) is 0 Å². The van der Waals surface area contributed by atoms with Crippen molar-refractivity contribution in [1.82, 2.24) is 30.5 Å². The van der Waals surface area contributed by atoms with Gasteiger partial charge < -0.3 is 14.9 Å². The van der Waals surface area contributed by atoms with Crippen LogP contribution in [0.1, 0.15) is 37.1 Å². The Bertz CT molecular complexity index is 1030. The van der Waals surface area contributed by atoms with Gasteiger partial charge in [0.1, 0.15) is 0 Å². The van der Waals surface area contributed by atoms with Gasteiger partial charge in [-0.3, -0.25) is 9.78 Å². The molecule has 1 aliphatic rings. The van der Waals surface area contributed by atoms with Crippen LogP contribution in [0.5, 0.6) is 0 Å². The van der Waals surface area contributed by atoms with E-state index in [0.29, 0.717) is 18.7 Å². The molecule has 0 radical (unpaired) electrons. The molecule has 0 saturated carbocycles. The normalized spacial score (nSPS) is 16.5. The highest BCUT2D eigenvalue weighted by molar-refractivity contribution is 5.71. The average Bonchev–Trinajstić information content (AvgIpc) is 3.37. The first-order valence-electron chi connectivity index (χ1n) is 11.5. The summed E-state index contributed by atoms with van der Waals surface area (Å²) in [4.78, 5) is 21.1. The van der Waals surface area contributed by atoms with Crippen LogP contribution in [0.15, 0.2) is 42.7 Å². The number of H-pyrrole nitrogens is 1. The highest BCUT2D eigenvalue weighted by atomic mass is 16.4. The third kappa shape index (κ3) is 5.54. The summed E-state index contributed by atoms with van der Waals surface area (Å²) in [6, 6.07) is 10.4. The number of pyridine rings is 1. The molecule has 1 aliphatic heterocycles. The van der Waals surface area contributed by atoms with E-state index in [1.54, 1.807) is 0 Å². The number of rotatable bonds is 9. The van der Waals surface area contributed by atoms with Gasteiger partial charge in [-0.25, -0.2) is 0 Å². The van der Waals surface area contributed by atoms with E-state index in [9.17, 15) is 9.90 Å². The molecule has 2 atom stereocenters. The fourth-order valence-electron chi connectivity index (χ4n) is 4.46. The molecule has 4 rings (SSSR count). The summed E-state index contributed by atoms with van der Waals surface area (Å²) in [5.74, 6) is -1.27. The average molecular weight is 450 g/mol. The Hall–Kier alpha value is -3.33. The van der Waals surface area contributed by atoms with Crippen molar-refractivity contribution in [3.8, 4) is 11.1 Å². The van der Waals surface area contributed by atoms with Crippen LogP contribution in [0.4, 0.5) is 5.69 Å². The van der Waals surface area contributed by atoms with Crippen molar-refractivity contribution in [2.75, 3.05) is 38.1 Å². The van der Waals surface area contributed by atoms with Crippen molar-refractivity contribution in [3.05, 3.63) is 54.1 Å². The molecule has 2 N–H and O–H groups in total. The number of nitrogens with zero attached hydrogens (tertiary/aromatic N) is 6. The number of hydrogen-bond donors (Lipinski definition) is 2. The zero-order valence-corrected chi connectivity index (χ0v) is 19.2. The quantitative estimate of drug-likeness (QED) is 0.513. The number of likely N-dealkylation sites (N-methyl/N-ethyl adjacent to an activating group) is 1. The minimum absolute atomic E-state index is 0.339. The van der Waals surface area contributed by atoms with Gasteiger partial charge in [0.15, 0.2) is 5.82 Å². The van der Waals surface area contributed by atoms with Crippen LogP contribution in [0, 0.1) is 5.92 Å². The van der Waals surface area contributed by atoms with E-state index in [2.05, 4.69) is 72.8 Å². The van der Waals surface area contributed by atoms with Crippen LogP contribution >= 0.6 is 0 Å². The monoisotopic (exact) mass is 449 g/mol. The highest BCUT2D eigenvalue weighted by Gasteiger charge is 2.32.